The average Bonchev–Trinajstić information content (AvgIpc) is 3.16. The molecule has 0 N–H and O–H groups in total. The van der Waals surface area contributed by atoms with E-state index in [4.69, 9.17) is 9.97 Å². The molecule has 226 valence electrons. The second kappa shape index (κ2) is 11.2. The summed E-state index contributed by atoms with van der Waals surface area (Å²) in [5.74, 6) is 0. The third kappa shape index (κ3) is 4.45. The Morgan fingerprint density at radius 1 is 0.354 bits per heavy atom. The van der Waals surface area contributed by atoms with E-state index >= 15 is 0 Å². The summed E-state index contributed by atoms with van der Waals surface area (Å²) in [6, 6.07) is 42.6. The van der Waals surface area contributed by atoms with Crippen molar-refractivity contribution >= 4 is 43.4 Å². The minimum Gasteiger partial charge on any atom is -0.264 e. The number of benzene rings is 5. The number of hydrogen-bond donors (Lipinski definition) is 0. The van der Waals surface area contributed by atoms with Gasteiger partial charge in [-0.25, -0.2) is 9.97 Å². The number of hydrogen-bond acceptors (Lipinski definition) is 4. The first-order valence-electron chi connectivity index (χ1n) is 16.2. The maximum Gasteiger partial charge on any atom is 0.0791 e. The van der Waals surface area contributed by atoms with Gasteiger partial charge in [0.2, 0.25) is 0 Å². The molecule has 0 saturated carbocycles. The van der Waals surface area contributed by atoms with Gasteiger partial charge in [-0.15, -0.1) is 0 Å². The molecule has 0 aliphatic carbocycles. The van der Waals surface area contributed by atoms with Crippen molar-refractivity contribution in [3.8, 4) is 44.8 Å². The van der Waals surface area contributed by atoms with Gasteiger partial charge in [-0.3, -0.25) is 9.97 Å². The van der Waals surface area contributed by atoms with Crippen LogP contribution in [0, 0.1) is 13.8 Å². The van der Waals surface area contributed by atoms with Gasteiger partial charge in [-0.1, -0.05) is 97.1 Å². The van der Waals surface area contributed by atoms with Crippen LogP contribution in [0.4, 0.5) is 0 Å². The molecular formula is C44H30N4. The van der Waals surface area contributed by atoms with Crippen LogP contribution in [0.5, 0.6) is 0 Å². The van der Waals surface area contributed by atoms with Gasteiger partial charge < -0.3 is 0 Å². The lowest BCUT2D eigenvalue weighted by molar-refractivity contribution is 1.33. The number of fused-ring (bicyclic) bond motifs is 6. The van der Waals surface area contributed by atoms with Crippen molar-refractivity contribution in [3.63, 3.8) is 0 Å². The van der Waals surface area contributed by atoms with Crippen LogP contribution in [0.2, 0.25) is 0 Å². The lowest BCUT2D eigenvalue weighted by Crippen LogP contribution is -1.99. The summed E-state index contributed by atoms with van der Waals surface area (Å²) in [6.45, 7) is 4.52. The predicted molar refractivity (Wildman–Crippen MR) is 199 cm³/mol. The van der Waals surface area contributed by atoms with Crippen LogP contribution in [-0.2, 0) is 0 Å². The third-order valence-corrected chi connectivity index (χ3v) is 9.59. The second-order valence-corrected chi connectivity index (χ2v) is 12.3. The molecule has 0 unspecified atom stereocenters. The first-order valence-corrected chi connectivity index (χ1v) is 16.2. The highest BCUT2D eigenvalue weighted by Gasteiger charge is 2.22. The van der Waals surface area contributed by atoms with Crippen molar-refractivity contribution in [3.05, 3.63) is 157 Å². The molecule has 0 fully saturated rings. The molecule has 4 heterocycles. The Bertz CT molecular complexity index is 2460. The maximum atomic E-state index is 5.35. The summed E-state index contributed by atoms with van der Waals surface area (Å²) in [5.41, 5.74) is 13.0. The number of nitrogens with zero attached hydrogens (tertiary/aromatic N) is 4. The van der Waals surface area contributed by atoms with Crippen molar-refractivity contribution in [2.75, 3.05) is 0 Å². The van der Waals surface area contributed by atoms with Gasteiger partial charge in [0.1, 0.15) is 0 Å². The van der Waals surface area contributed by atoms with E-state index < -0.39 is 0 Å². The lowest BCUT2D eigenvalue weighted by atomic mass is 9.85. The molecule has 9 rings (SSSR count). The number of aromatic nitrogens is 4. The molecule has 4 aromatic heterocycles. The molecule has 0 aliphatic rings. The number of pyridine rings is 4. The summed E-state index contributed by atoms with van der Waals surface area (Å²) < 4.78 is 0. The fraction of sp³-hybridized carbons (Fsp3) is 0.0455. The van der Waals surface area contributed by atoms with Crippen molar-refractivity contribution < 1.29 is 0 Å². The molecule has 9 aromatic rings. The largest absolute Gasteiger partial charge is 0.264 e. The molecule has 0 aliphatic heterocycles. The van der Waals surface area contributed by atoms with Gasteiger partial charge in [-0.05, 0) is 82.3 Å². The Morgan fingerprint density at radius 2 is 0.750 bits per heavy atom. The van der Waals surface area contributed by atoms with E-state index in [0.29, 0.717) is 0 Å². The quantitative estimate of drug-likeness (QED) is 0.146. The molecule has 48 heavy (non-hydrogen) atoms. The van der Waals surface area contributed by atoms with Gasteiger partial charge in [-0.2, -0.15) is 0 Å². The van der Waals surface area contributed by atoms with Gasteiger partial charge in [0.25, 0.3) is 0 Å². The number of rotatable bonds is 4. The smallest absolute Gasteiger partial charge is 0.0791 e. The van der Waals surface area contributed by atoms with Gasteiger partial charge in [0.15, 0.2) is 0 Å². The first-order chi connectivity index (χ1) is 23.7. The fourth-order valence-corrected chi connectivity index (χ4v) is 7.31. The Morgan fingerprint density at radius 3 is 1.15 bits per heavy atom. The maximum absolute atomic E-state index is 5.35. The highest BCUT2D eigenvalue weighted by Crippen LogP contribution is 2.45. The second-order valence-electron chi connectivity index (χ2n) is 12.3. The lowest BCUT2D eigenvalue weighted by Gasteiger charge is -2.21. The highest BCUT2D eigenvalue weighted by molar-refractivity contribution is 6.25. The Labute approximate surface area is 278 Å². The van der Waals surface area contributed by atoms with E-state index in [0.717, 1.165) is 66.6 Å². The zero-order valence-corrected chi connectivity index (χ0v) is 26.6. The van der Waals surface area contributed by atoms with Crippen LogP contribution >= 0.6 is 0 Å². The van der Waals surface area contributed by atoms with E-state index in [1.165, 1.54) is 32.7 Å². The highest BCUT2D eigenvalue weighted by atomic mass is 14.7. The van der Waals surface area contributed by atoms with E-state index in [-0.39, 0.29) is 0 Å². The zero-order chi connectivity index (χ0) is 32.2. The molecule has 4 heteroatoms. The van der Waals surface area contributed by atoms with Crippen LogP contribution in [0.1, 0.15) is 11.1 Å². The minimum absolute atomic E-state index is 0.981. The van der Waals surface area contributed by atoms with E-state index in [1.807, 2.05) is 24.5 Å². The molecule has 0 atom stereocenters. The fourth-order valence-electron chi connectivity index (χ4n) is 7.31. The number of aryl methyl sites for hydroxylation is 2. The van der Waals surface area contributed by atoms with Crippen LogP contribution in [-0.4, -0.2) is 19.9 Å². The van der Waals surface area contributed by atoms with Crippen molar-refractivity contribution in [2.24, 2.45) is 0 Å². The Kier molecular flexibility index (Phi) is 6.54. The Hall–Kier alpha value is -6.26. The average molecular weight is 615 g/mol. The molecule has 0 spiro atoms. The van der Waals surface area contributed by atoms with Gasteiger partial charge >= 0.3 is 0 Å². The van der Waals surface area contributed by atoms with Crippen molar-refractivity contribution in [1.82, 2.24) is 19.9 Å². The van der Waals surface area contributed by atoms with Crippen molar-refractivity contribution in [1.29, 1.82) is 0 Å². The van der Waals surface area contributed by atoms with E-state index in [9.17, 15) is 0 Å². The molecule has 4 nitrogen and oxygen atoms in total. The number of para-hydroxylation sites is 2. The van der Waals surface area contributed by atoms with E-state index in [2.05, 4.69) is 133 Å². The van der Waals surface area contributed by atoms with Gasteiger partial charge in [0, 0.05) is 57.5 Å². The standard InChI is InChI=1S/C44H30N4/c1-27-39-35-11-3-5-13-37(35)48-44(32-21-17-30(18-22-32)34-10-8-24-46-26-34)42(39)28(2)40-36-12-4-6-14-38(36)47-43(41(27)40)31-19-15-29(16-20-31)33-9-7-23-45-25-33/h3-26H,1-2H3. The summed E-state index contributed by atoms with van der Waals surface area (Å²) in [4.78, 5) is 19.3. The first kappa shape index (κ1) is 28.0. The topological polar surface area (TPSA) is 51.6 Å². The minimum atomic E-state index is 0.981. The third-order valence-electron chi connectivity index (χ3n) is 9.59. The van der Waals surface area contributed by atoms with Crippen LogP contribution in [0.25, 0.3) is 88.1 Å². The summed E-state index contributed by atoms with van der Waals surface area (Å²) in [6.07, 6.45) is 7.42. The molecule has 0 radical (unpaired) electrons. The summed E-state index contributed by atoms with van der Waals surface area (Å²) in [7, 11) is 0. The van der Waals surface area contributed by atoms with Crippen LogP contribution < -0.4 is 0 Å². The molecule has 0 bridgehead atoms. The summed E-state index contributed by atoms with van der Waals surface area (Å²) >= 11 is 0. The van der Waals surface area contributed by atoms with Crippen LogP contribution in [0.3, 0.4) is 0 Å². The molecular weight excluding hydrogens is 585 g/mol. The van der Waals surface area contributed by atoms with Crippen LogP contribution in [0.15, 0.2) is 146 Å². The van der Waals surface area contributed by atoms with E-state index in [1.54, 1.807) is 12.4 Å². The predicted octanol–water partition coefficient (Wildman–Crippen LogP) is 11.2. The summed E-state index contributed by atoms with van der Waals surface area (Å²) in [5, 5.41) is 7.11. The Balaban J connectivity index is 1.36. The SMILES string of the molecule is Cc1c2c(-c3ccc(-c4cccnc4)cc3)nc3ccccc3c2c(C)c2c(-c3ccc(-c4cccnc4)cc3)nc3ccccc3c12. The molecule has 5 aromatic carbocycles. The zero-order valence-electron chi connectivity index (χ0n) is 26.6. The molecule has 0 saturated heterocycles. The van der Waals surface area contributed by atoms with Gasteiger partial charge in [0.05, 0.1) is 22.4 Å². The normalized spacial score (nSPS) is 11.5. The van der Waals surface area contributed by atoms with Crippen molar-refractivity contribution in [2.45, 2.75) is 13.8 Å². The molecule has 0 amide bonds. The monoisotopic (exact) mass is 614 g/mol.